The molecular formula is C12H13. The summed E-state index contributed by atoms with van der Waals surface area (Å²) in [7, 11) is 0. The zero-order valence-electron chi connectivity index (χ0n) is 7.59. The van der Waals surface area contributed by atoms with Crippen LogP contribution in [0.3, 0.4) is 0 Å². The molecule has 0 aromatic heterocycles. The molecule has 0 bridgehead atoms. The van der Waals surface area contributed by atoms with E-state index in [4.69, 9.17) is 6.42 Å². The van der Waals surface area contributed by atoms with Crippen LogP contribution < -0.4 is 0 Å². The quantitative estimate of drug-likeness (QED) is 0.579. The van der Waals surface area contributed by atoms with Gasteiger partial charge in [-0.05, 0) is 30.0 Å². The Bertz CT molecular complexity index is 289. The summed E-state index contributed by atoms with van der Waals surface area (Å²) in [5, 5.41) is 0. The lowest BCUT2D eigenvalue weighted by Crippen LogP contribution is -1.91. The average molecular weight is 157 g/mol. The van der Waals surface area contributed by atoms with Gasteiger partial charge in [0.1, 0.15) is 0 Å². The molecule has 0 unspecified atom stereocenters. The maximum atomic E-state index is 5.29. The first-order valence-corrected chi connectivity index (χ1v) is 4.07. The monoisotopic (exact) mass is 157 g/mol. The van der Waals surface area contributed by atoms with Crippen LogP contribution in [0, 0.1) is 18.3 Å². The second kappa shape index (κ2) is 3.97. The molecule has 0 aliphatic heterocycles. The highest BCUT2D eigenvalue weighted by molar-refractivity contribution is 5.35. The normalized spacial score (nSPS) is 9.83. The first kappa shape index (κ1) is 8.87. The Labute approximate surface area is 74.6 Å². The number of benzene rings is 1. The van der Waals surface area contributed by atoms with Gasteiger partial charge in [-0.1, -0.05) is 31.9 Å². The van der Waals surface area contributed by atoms with Gasteiger partial charge in [0.15, 0.2) is 0 Å². The van der Waals surface area contributed by atoms with E-state index in [9.17, 15) is 0 Å². The van der Waals surface area contributed by atoms with Gasteiger partial charge in [-0.25, -0.2) is 0 Å². The van der Waals surface area contributed by atoms with Gasteiger partial charge in [0.25, 0.3) is 0 Å². The van der Waals surface area contributed by atoms with Gasteiger partial charge in [-0.15, -0.1) is 6.42 Å². The molecule has 0 spiro atoms. The van der Waals surface area contributed by atoms with Gasteiger partial charge in [-0.3, -0.25) is 0 Å². The molecule has 0 atom stereocenters. The number of terminal acetylenes is 1. The van der Waals surface area contributed by atoms with E-state index >= 15 is 0 Å². The maximum absolute atomic E-state index is 5.29. The fourth-order valence-electron chi connectivity index (χ4n) is 1.18. The molecule has 0 saturated heterocycles. The molecule has 0 N–H and O–H groups in total. The first-order chi connectivity index (χ1) is 5.72. The maximum Gasteiger partial charge on any atom is 0.0245 e. The van der Waals surface area contributed by atoms with Gasteiger partial charge in [-0.2, -0.15) is 0 Å². The molecule has 0 heteroatoms. The summed E-state index contributed by atoms with van der Waals surface area (Å²) in [5.74, 6) is 4.04. The van der Waals surface area contributed by atoms with Crippen molar-refractivity contribution in [2.75, 3.05) is 0 Å². The van der Waals surface area contributed by atoms with Crippen molar-refractivity contribution in [2.24, 2.45) is 0 Å². The van der Waals surface area contributed by atoms with E-state index in [1.54, 1.807) is 0 Å². The van der Waals surface area contributed by atoms with E-state index in [-0.39, 0.29) is 0 Å². The molecule has 0 nitrogen and oxygen atoms in total. The first-order valence-electron chi connectivity index (χ1n) is 4.07. The van der Waals surface area contributed by atoms with Crippen LogP contribution in [0.15, 0.2) is 24.3 Å². The molecule has 1 rings (SSSR count). The van der Waals surface area contributed by atoms with Crippen LogP contribution >= 0.6 is 0 Å². The van der Waals surface area contributed by atoms with Crippen LogP contribution in [0.5, 0.6) is 0 Å². The Morgan fingerprint density at radius 2 is 2.17 bits per heavy atom. The minimum absolute atomic E-state index is 0.966. The van der Waals surface area contributed by atoms with Crippen molar-refractivity contribution >= 4 is 0 Å². The Balaban J connectivity index is 2.81. The van der Waals surface area contributed by atoms with Crippen LogP contribution in [-0.4, -0.2) is 0 Å². The van der Waals surface area contributed by atoms with E-state index in [1.165, 1.54) is 11.5 Å². The van der Waals surface area contributed by atoms with Crippen LogP contribution in [0.4, 0.5) is 0 Å². The van der Waals surface area contributed by atoms with E-state index in [0.717, 1.165) is 12.0 Å². The third-order valence-corrected chi connectivity index (χ3v) is 1.65. The predicted octanol–water partition coefficient (Wildman–Crippen LogP) is 2.82. The minimum atomic E-state index is 0.966. The van der Waals surface area contributed by atoms with E-state index in [0.29, 0.717) is 0 Å². The fourth-order valence-corrected chi connectivity index (χ4v) is 1.18. The van der Waals surface area contributed by atoms with Crippen molar-refractivity contribution in [3.05, 3.63) is 41.3 Å². The Morgan fingerprint density at radius 1 is 1.42 bits per heavy atom. The van der Waals surface area contributed by atoms with Gasteiger partial charge >= 0.3 is 0 Å². The lowest BCUT2D eigenvalue weighted by Gasteiger charge is -2.03. The minimum Gasteiger partial charge on any atom is -0.115 e. The van der Waals surface area contributed by atoms with Crippen LogP contribution in [0.1, 0.15) is 25.0 Å². The summed E-state index contributed by atoms with van der Waals surface area (Å²) in [6.07, 6.45) is 6.32. The highest BCUT2D eigenvalue weighted by Gasteiger charge is 1.97. The fraction of sp³-hybridized carbons (Fsp3) is 0.250. The van der Waals surface area contributed by atoms with Crippen molar-refractivity contribution < 1.29 is 0 Å². The molecule has 1 aromatic rings. The molecule has 1 radical (unpaired) electrons. The number of hydrogen-bond donors (Lipinski definition) is 0. The van der Waals surface area contributed by atoms with Gasteiger partial charge < -0.3 is 0 Å². The van der Waals surface area contributed by atoms with Crippen molar-refractivity contribution in [2.45, 2.75) is 20.3 Å². The predicted molar refractivity (Wildman–Crippen MR) is 52.7 cm³/mol. The molecule has 0 amide bonds. The summed E-state index contributed by atoms with van der Waals surface area (Å²) in [6, 6.07) is 8.13. The van der Waals surface area contributed by atoms with E-state index in [2.05, 4.69) is 31.9 Å². The second-order valence-electron chi connectivity index (χ2n) is 3.23. The zero-order valence-corrected chi connectivity index (χ0v) is 7.59. The van der Waals surface area contributed by atoms with Crippen molar-refractivity contribution in [1.29, 1.82) is 0 Å². The Morgan fingerprint density at radius 3 is 2.75 bits per heavy atom. The Hall–Kier alpha value is -1.22. The van der Waals surface area contributed by atoms with Crippen LogP contribution in [0.25, 0.3) is 0 Å². The number of rotatable bonds is 2. The molecule has 1 aromatic carbocycles. The summed E-state index contributed by atoms with van der Waals surface area (Å²) < 4.78 is 0. The summed E-state index contributed by atoms with van der Waals surface area (Å²) in [4.78, 5) is 0. The van der Waals surface area contributed by atoms with Crippen LogP contribution in [-0.2, 0) is 6.42 Å². The standard InChI is InChI=1S/C12H13/c1-4-11-6-5-7-12(9-11)8-10(2)3/h1,5-7,9H,8H2,2-3H3. The largest absolute Gasteiger partial charge is 0.115 e. The molecule has 0 aliphatic rings. The van der Waals surface area contributed by atoms with Crippen LogP contribution in [0.2, 0.25) is 0 Å². The highest BCUT2D eigenvalue weighted by atomic mass is 14.0. The smallest absolute Gasteiger partial charge is 0.0245 e. The summed E-state index contributed by atoms with van der Waals surface area (Å²) in [6.45, 7) is 4.26. The molecule has 12 heavy (non-hydrogen) atoms. The molecule has 0 fully saturated rings. The Kier molecular flexibility index (Phi) is 2.94. The SMILES string of the molecule is C#Cc1cccc(C[C](C)C)c1. The molecule has 61 valence electrons. The molecule has 0 saturated carbocycles. The highest BCUT2D eigenvalue weighted by Crippen LogP contribution is 2.10. The van der Waals surface area contributed by atoms with Crippen molar-refractivity contribution in [1.82, 2.24) is 0 Å². The topological polar surface area (TPSA) is 0 Å². The van der Waals surface area contributed by atoms with Crippen molar-refractivity contribution in [3.63, 3.8) is 0 Å². The summed E-state index contributed by atoms with van der Waals surface area (Å²) >= 11 is 0. The lowest BCUT2D eigenvalue weighted by atomic mass is 10.0. The third-order valence-electron chi connectivity index (χ3n) is 1.65. The average Bonchev–Trinajstić information content (AvgIpc) is 2.03. The second-order valence-corrected chi connectivity index (χ2v) is 3.23. The lowest BCUT2D eigenvalue weighted by molar-refractivity contribution is 0.956. The number of hydrogen-bond acceptors (Lipinski definition) is 0. The van der Waals surface area contributed by atoms with Gasteiger partial charge in [0, 0.05) is 5.56 Å². The van der Waals surface area contributed by atoms with Gasteiger partial charge in [0.05, 0.1) is 0 Å². The van der Waals surface area contributed by atoms with E-state index < -0.39 is 0 Å². The third kappa shape index (κ3) is 2.43. The molecular weight excluding hydrogens is 144 g/mol. The molecule has 0 heterocycles. The molecule has 0 aliphatic carbocycles. The summed E-state index contributed by atoms with van der Waals surface area (Å²) in [5.41, 5.74) is 2.26. The zero-order chi connectivity index (χ0) is 8.97. The van der Waals surface area contributed by atoms with E-state index in [1.807, 2.05) is 12.1 Å². The van der Waals surface area contributed by atoms with Gasteiger partial charge in [0.2, 0.25) is 0 Å². The van der Waals surface area contributed by atoms with Crippen molar-refractivity contribution in [3.8, 4) is 12.3 Å².